The van der Waals surface area contributed by atoms with Crippen molar-refractivity contribution >= 4 is 5.91 Å². The molecule has 0 aromatic rings. The van der Waals surface area contributed by atoms with Gasteiger partial charge in [-0.2, -0.15) is 0 Å². The zero-order valence-corrected chi connectivity index (χ0v) is 12.5. The molecule has 3 heteroatoms. The summed E-state index contributed by atoms with van der Waals surface area (Å²) in [6.45, 7) is 11.1. The summed E-state index contributed by atoms with van der Waals surface area (Å²) < 4.78 is 0. The molecule has 0 spiro atoms. The second-order valence-electron chi connectivity index (χ2n) is 3.24. The molecule has 2 N–H and O–H groups in total. The van der Waals surface area contributed by atoms with Gasteiger partial charge in [0.1, 0.15) is 0 Å². The van der Waals surface area contributed by atoms with Gasteiger partial charge in [0.15, 0.2) is 0 Å². The maximum atomic E-state index is 11.1. The molecule has 0 aromatic heterocycles. The maximum absolute atomic E-state index is 11.1. The lowest BCUT2D eigenvalue weighted by Crippen LogP contribution is -2.23. The number of aliphatic hydroxyl groups excluding tert-OH is 1. The monoisotopic (exact) mass is 247 g/mol. The standard InChI is InChI=1S/C10H21NO2.2C2H6/c1-2-3-8-11-10(13)7-5-4-6-9-12;2*1-2/h12H,2-9H2,1H3,(H,11,13);2*1-2H3. The Kier molecular flexibility index (Phi) is 31.4. The minimum absolute atomic E-state index is 0.145. The highest BCUT2D eigenvalue weighted by molar-refractivity contribution is 5.75. The number of rotatable bonds is 8. The Bertz CT molecular complexity index is 127. The smallest absolute Gasteiger partial charge is 0.219 e. The summed E-state index contributed by atoms with van der Waals surface area (Å²) in [7, 11) is 0. The first kappa shape index (κ1) is 21.7. The minimum atomic E-state index is 0.145. The summed E-state index contributed by atoms with van der Waals surface area (Å²) >= 11 is 0. The molecule has 0 atom stereocenters. The van der Waals surface area contributed by atoms with Crippen LogP contribution in [0.2, 0.25) is 0 Å². The van der Waals surface area contributed by atoms with E-state index in [1.165, 1.54) is 0 Å². The summed E-state index contributed by atoms with van der Waals surface area (Å²) in [6, 6.07) is 0. The van der Waals surface area contributed by atoms with Crippen LogP contribution in [0.25, 0.3) is 0 Å². The van der Waals surface area contributed by atoms with Gasteiger partial charge in [-0.3, -0.25) is 4.79 Å². The average Bonchev–Trinajstić information content (AvgIpc) is 2.40. The second-order valence-corrected chi connectivity index (χ2v) is 3.24. The van der Waals surface area contributed by atoms with Crippen molar-refractivity contribution in [2.45, 2.75) is 73.1 Å². The third kappa shape index (κ3) is 25.6. The van der Waals surface area contributed by atoms with E-state index < -0.39 is 0 Å². The third-order valence-corrected chi connectivity index (χ3v) is 1.91. The van der Waals surface area contributed by atoms with Crippen LogP contribution < -0.4 is 5.32 Å². The van der Waals surface area contributed by atoms with Crippen LogP contribution in [-0.2, 0) is 4.79 Å². The molecule has 0 radical (unpaired) electrons. The van der Waals surface area contributed by atoms with E-state index in [0.29, 0.717) is 6.42 Å². The average molecular weight is 247 g/mol. The second kappa shape index (κ2) is 24.6. The zero-order valence-electron chi connectivity index (χ0n) is 12.5. The molecule has 1 amide bonds. The number of amides is 1. The van der Waals surface area contributed by atoms with Crippen LogP contribution in [0.3, 0.4) is 0 Å². The number of aliphatic hydroxyl groups is 1. The zero-order chi connectivity index (χ0) is 13.9. The Balaban J connectivity index is -0.000000439. The van der Waals surface area contributed by atoms with E-state index >= 15 is 0 Å². The summed E-state index contributed by atoms with van der Waals surface area (Å²) in [5.41, 5.74) is 0. The lowest BCUT2D eigenvalue weighted by Gasteiger charge is -2.03. The minimum Gasteiger partial charge on any atom is -0.396 e. The van der Waals surface area contributed by atoms with E-state index in [1.807, 2.05) is 27.7 Å². The highest BCUT2D eigenvalue weighted by Crippen LogP contribution is 1.98. The fraction of sp³-hybridized carbons (Fsp3) is 0.929. The summed E-state index contributed by atoms with van der Waals surface area (Å²) in [4.78, 5) is 11.1. The van der Waals surface area contributed by atoms with Crippen LogP contribution in [0.4, 0.5) is 0 Å². The first-order valence-corrected chi connectivity index (χ1v) is 7.18. The van der Waals surface area contributed by atoms with Gasteiger partial charge in [-0.25, -0.2) is 0 Å². The van der Waals surface area contributed by atoms with Gasteiger partial charge in [-0.1, -0.05) is 47.5 Å². The molecule has 0 unspecified atom stereocenters. The Morgan fingerprint density at radius 3 is 2.06 bits per heavy atom. The Morgan fingerprint density at radius 1 is 1.00 bits per heavy atom. The van der Waals surface area contributed by atoms with Crippen LogP contribution in [0.5, 0.6) is 0 Å². The highest BCUT2D eigenvalue weighted by atomic mass is 16.2. The summed E-state index contributed by atoms with van der Waals surface area (Å²) in [5, 5.41) is 11.4. The molecule has 0 fully saturated rings. The molecular formula is C14H33NO2. The molecule has 3 nitrogen and oxygen atoms in total. The van der Waals surface area contributed by atoms with Gasteiger partial charge in [-0.05, 0) is 19.3 Å². The normalized spacial score (nSPS) is 8.35. The van der Waals surface area contributed by atoms with Crippen LogP contribution in [0.15, 0.2) is 0 Å². The molecule has 0 aromatic carbocycles. The van der Waals surface area contributed by atoms with Crippen molar-refractivity contribution in [2.24, 2.45) is 0 Å². The van der Waals surface area contributed by atoms with Crippen molar-refractivity contribution in [3.05, 3.63) is 0 Å². The van der Waals surface area contributed by atoms with Crippen LogP contribution in [-0.4, -0.2) is 24.2 Å². The fourth-order valence-corrected chi connectivity index (χ4v) is 1.07. The lowest BCUT2D eigenvalue weighted by molar-refractivity contribution is -0.121. The number of carbonyl (C=O) groups is 1. The molecule has 0 rings (SSSR count). The summed E-state index contributed by atoms with van der Waals surface area (Å²) in [5.74, 6) is 0.145. The number of nitrogens with one attached hydrogen (secondary N) is 1. The Morgan fingerprint density at radius 2 is 1.59 bits per heavy atom. The maximum Gasteiger partial charge on any atom is 0.219 e. The van der Waals surface area contributed by atoms with Gasteiger partial charge in [0.2, 0.25) is 5.91 Å². The van der Waals surface area contributed by atoms with Gasteiger partial charge in [0.05, 0.1) is 0 Å². The Labute approximate surface area is 108 Å². The number of unbranched alkanes of at least 4 members (excludes halogenated alkanes) is 3. The van der Waals surface area contributed by atoms with E-state index in [1.54, 1.807) is 0 Å². The molecule has 0 aliphatic heterocycles. The van der Waals surface area contributed by atoms with Crippen molar-refractivity contribution in [3.63, 3.8) is 0 Å². The van der Waals surface area contributed by atoms with Gasteiger partial charge >= 0.3 is 0 Å². The highest BCUT2D eigenvalue weighted by Gasteiger charge is 1.98. The SMILES string of the molecule is CC.CC.CCCCNC(=O)CCCCCO. The molecule has 106 valence electrons. The predicted molar refractivity (Wildman–Crippen MR) is 76.2 cm³/mol. The van der Waals surface area contributed by atoms with E-state index in [0.717, 1.165) is 38.6 Å². The van der Waals surface area contributed by atoms with Gasteiger partial charge < -0.3 is 10.4 Å². The van der Waals surface area contributed by atoms with Gasteiger partial charge in [-0.15, -0.1) is 0 Å². The third-order valence-electron chi connectivity index (χ3n) is 1.91. The van der Waals surface area contributed by atoms with Gasteiger partial charge in [0.25, 0.3) is 0 Å². The van der Waals surface area contributed by atoms with Crippen molar-refractivity contribution in [1.29, 1.82) is 0 Å². The van der Waals surface area contributed by atoms with E-state index in [2.05, 4.69) is 12.2 Å². The molecule has 0 heterocycles. The van der Waals surface area contributed by atoms with Crippen molar-refractivity contribution < 1.29 is 9.90 Å². The largest absolute Gasteiger partial charge is 0.396 e. The fourth-order valence-electron chi connectivity index (χ4n) is 1.07. The first-order valence-electron chi connectivity index (χ1n) is 7.18. The summed E-state index contributed by atoms with van der Waals surface area (Å²) in [6.07, 6.45) is 5.41. The number of hydrogen-bond acceptors (Lipinski definition) is 2. The lowest BCUT2D eigenvalue weighted by atomic mass is 10.2. The number of hydrogen-bond donors (Lipinski definition) is 2. The van der Waals surface area contributed by atoms with Crippen LogP contribution >= 0.6 is 0 Å². The van der Waals surface area contributed by atoms with Gasteiger partial charge in [0, 0.05) is 19.6 Å². The predicted octanol–water partition coefficient (Wildman–Crippen LogP) is 3.51. The van der Waals surface area contributed by atoms with E-state index in [-0.39, 0.29) is 12.5 Å². The van der Waals surface area contributed by atoms with E-state index in [9.17, 15) is 4.79 Å². The molecule has 0 aliphatic carbocycles. The molecular weight excluding hydrogens is 214 g/mol. The van der Waals surface area contributed by atoms with Crippen molar-refractivity contribution in [3.8, 4) is 0 Å². The first-order chi connectivity index (χ1) is 8.31. The van der Waals surface area contributed by atoms with Crippen LogP contribution in [0, 0.1) is 0 Å². The molecule has 0 aliphatic rings. The molecule has 0 saturated carbocycles. The van der Waals surface area contributed by atoms with Crippen LogP contribution in [0.1, 0.15) is 73.1 Å². The molecule has 0 bridgehead atoms. The molecule has 0 saturated heterocycles. The van der Waals surface area contributed by atoms with E-state index in [4.69, 9.17) is 5.11 Å². The number of carbonyl (C=O) groups excluding carboxylic acids is 1. The molecule has 17 heavy (non-hydrogen) atoms. The van der Waals surface area contributed by atoms with Crippen molar-refractivity contribution in [1.82, 2.24) is 5.32 Å². The Hall–Kier alpha value is -0.570. The topological polar surface area (TPSA) is 49.3 Å². The quantitative estimate of drug-likeness (QED) is 0.645. The van der Waals surface area contributed by atoms with Crippen molar-refractivity contribution in [2.75, 3.05) is 13.2 Å².